The van der Waals surface area contributed by atoms with Gasteiger partial charge in [-0.15, -0.1) is 11.3 Å². The van der Waals surface area contributed by atoms with E-state index in [0.717, 1.165) is 13.0 Å². The maximum Gasteiger partial charge on any atom is 0.152 e. The lowest BCUT2D eigenvalue weighted by molar-refractivity contribution is 0.401. The molecule has 0 aliphatic rings. The summed E-state index contributed by atoms with van der Waals surface area (Å²) in [5, 5.41) is 0. The van der Waals surface area contributed by atoms with Gasteiger partial charge in [0.2, 0.25) is 0 Å². The molecule has 2 nitrogen and oxygen atoms in total. The smallest absolute Gasteiger partial charge is 0.152 e. The zero-order valence-electron chi connectivity index (χ0n) is 7.00. The van der Waals surface area contributed by atoms with Crippen LogP contribution >= 0.6 is 11.3 Å². The molecule has 0 aliphatic carbocycles. The monoisotopic (exact) mass is 169 g/mol. The molecule has 3 heteroatoms. The third kappa shape index (κ3) is 3.49. The standard InChI is InChI=1S/C8H13N2S/c1-10(2)5-3-4-8-6-9-7-11-8/h6H,3-5H2,1-2H3. The lowest BCUT2D eigenvalue weighted by Crippen LogP contribution is -2.13. The van der Waals surface area contributed by atoms with Crippen LogP contribution < -0.4 is 0 Å². The molecule has 0 N–H and O–H groups in total. The Morgan fingerprint density at radius 3 is 3.00 bits per heavy atom. The number of thiazole rings is 1. The fourth-order valence-corrected chi connectivity index (χ4v) is 1.47. The molecule has 1 rings (SSSR count). The van der Waals surface area contributed by atoms with Crippen LogP contribution in [0, 0.1) is 5.51 Å². The van der Waals surface area contributed by atoms with Gasteiger partial charge in [0.1, 0.15) is 0 Å². The van der Waals surface area contributed by atoms with Gasteiger partial charge in [0.15, 0.2) is 5.51 Å². The fraction of sp³-hybridized carbons (Fsp3) is 0.625. The summed E-state index contributed by atoms with van der Waals surface area (Å²) >= 11 is 1.62. The van der Waals surface area contributed by atoms with Crippen LogP contribution in [0.15, 0.2) is 6.20 Å². The number of hydrogen-bond donors (Lipinski definition) is 0. The quantitative estimate of drug-likeness (QED) is 0.678. The van der Waals surface area contributed by atoms with Gasteiger partial charge in [0.25, 0.3) is 0 Å². The van der Waals surface area contributed by atoms with E-state index in [1.165, 1.54) is 11.3 Å². The number of aryl methyl sites for hydroxylation is 1. The van der Waals surface area contributed by atoms with E-state index >= 15 is 0 Å². The van der Waals surface area contributed by atoms with Gasteiger partial charge in [0.05, 0.1) is 0 Å². The van der Waals surface area contributed by atoms with Crippen LogP contribution in [0.25, 0.3) is 0 Å². The van der Waals surface area contributed by atoms with Crippen molar-refractivity contribution in [2.45, 2.75) is 12.8 Å². The molecule has 1 aromatic heterocycles. The van der Waals surface area contributed by atoms with Crippen LogP contribution in [0.1, 0.15) is 11.3 Å². The molecule has 61 valence electrons. The molecule has 1 radical (unpaired) electrons. The summed E-state index contributed by atoms with van der Waals surface area (Å²) in [6.45, 7) is 1.15. The summed E-state index contributed by atoms with van der Waals surface area (Å²) in [7, 11) is 4.19. The molecule has 0 saturated heterocycles. The Bertz CT molecular complexity index is 182. The molecule has 0 amide bonds. The second kappa shape index (κ2) is 4.46. The van der Waals surface area contributed by atoms with Crippen molar-refractivity contribution >= 4 is 11.3 Å². The normalized spacial score (nSPS) is 10.8. The van der Waals surface area contributed by atoms with Crippen molar-refractivity contribution in [2.75, 3.05) is 20.6 Å². The summed E-state index contributed by atoms with van der Waals surface area (Å²) in [6.07, 6.45) is 4.25. The fourth-order valence-electron chi connectivity index (χ4n) is 0.895. The van der Waals surface area contributed by atoms with E-state index in [1.54, 1.807) is 11.3 Å². The Balaban J connectivity index is 2.14. The van der Waals surface area contributed by atoms with Crippen LogP contribution in [0.4, 0.5) is 0 Å². The highest BCUT2D eigenvalue weighted by Gasteiger charge is 1.95. The van der Waals surface area contributed by atoms with Crippen LogP contribution in [0.5, 0.6) is 0 Å². The molecule has 0 fully saturated rings. The van der Waals surface area contributed by atoms with Crippen molar-refractivity contribution < 1.29 is 0 Å². The second-order valence-electron chi connectivity index (χ2n) is 2.82. The van der Waals surface area contributed by atoms with Gasteiger partial charge in [0, 0.05) is 11.1 Å². The first-order valence-electron chi connectivity index (χ1n) is 3.74. The summed E-state index contributed by atoms with van der Waals surface area (Å²) in [5.41, 5.74) is 2.85. The lowest BCUT2D eigenvalue weighted by atomic mass is 10.3. The molecule has 1 aromatic rings. The van der Waals surface area contributed by atoms with Crippen LogP contribution in [-0.4, -0.2) is 30.5 Å². The number of aromatic nitrogens is 1. The van der Waals surface area contributed by atoms with Gasteiger partial charge in [-0.2, -0.15) is 0 Å². The first-order valence-corrected chi connectivity index (χ1v) is 4.56. The molecule has 1 heterocycles. The van der Waals surface area contributed by atoms with Crippen molar-refractivity contribution in [1.29, 1.82) is 0 Å². The predicted octanol–water partition coefficient (Wildman–Crippen LogP) is 1.44. The van der Waals surface area contributed by atoms with E-state index in [-0.39, 0.29) is 0 Å². The first-order chi connectivity index (χ1) is 5.29. The van der Waals surface area contributed by atoms with Crippen molar-refractivity contribution in [1.82, 2.24) is 9.88 Å². The summed E-state index contributed by atoms with van der Waals surface area (Å²) < 4.78 is 0. The largest absolute Gasteiger partial charge is 0.309 e. The highest BCUT2D eigenvalue weighted by atomic mass is 32.1. The Hall–Kier alpha value is -0.410. The number of nitrogens with zero attached hydrogens (tertiary/aromatic N) is 2. The van der Waals surface area contributed by atoms with Gasteiger partial charge in [-0.25, -0.2) is 4.98 Å². The minimum atomic E-state index is 1.14. The van der Waals surface area contributed by atoms with Gasteiger partial charge in [-0.3, -0.25) is 0 Å². The highest BCUT2D eigenvalue weighted by Crippen LogP contribution is 2.07. The van der Waals surface area contributed by atoms with E-state index in [4.69, 9.17) is 0 Å². The molecule has 0 atom stereocenters. The Kier molecular flexibility index (Phi) is 3.52. The number of rotatable bonds is 4. The molecule has 0 aliphatic heterocycles. The summed E-state index contributed by atoms with van der Waals surface area (Å²) in [6, 6.07) is 0. The molecule has 0 bridgehead atoms. The predicted molar refractivity (Wildman–Crippen MR) is 47.8 cm³/mol. The molecular formula is C8H13N2S. The van der Waals surface area contributed by atoms with E-state index in [9.17, 15) is 0 Å². The SMILES string of the molecule is CN(C)CCCc1cn[c]s1. The van der Waals surface area contributed by atoms with Crippen molar-refractivity contribution in [3.8, 4) is 0 Å². The van der Waals surface area contributed by atoms with Crippen molar-refractivity contribution in [3.63, 3.8) is 0 Å². The third-order valence-corrected chi connectivity index (χ3v) is 2.23. The van der Waals surface area contributed by atoms with Crippen LogP contribution in [0.2, 0.25) is 0 Å². The zero-order valence-corrected chi connectivity index (χ0v) is 7.82. The average Bonchev–Trinajstić information content (AvgIpc) is 2.39. The molecule has 0 unspecified atom stereocenters. The average molecular weight is 169 g/mol. The van der Waals surface area contributed by atoms with Gasteiger partial charge in [-0.05, 0) is 33.5 Å². The van der Waals surface area contributed by atoms with Crippen molar-refractivity contribution in [2.24, 2.45) is 0 Å². The van der Waals surface area contributed by atoms with E-state index < -0.39 is 0 Å². The molecule has 0 saturated carbocycles. The second-order valence-corrected chi connectivity index (χ2v) is 3.74. The van der Waals surface area contributed by atoms with E-state index in [2.05, 4.69) is 29.5 Å². The minimum absolute atomic E-state index is 1.14. The summed E-state index contributed by atoms with van der Waals surface area (Å²) in [5.74, 6) is 0. The van der Waals surface area contributed by atoms with Gasteiger partial charge < -0.3 is 4.90 Å². The Labute approximate surface area is 71.9 Å². The topological polar surface area (TPSA) is 16.1 Å². The van der Waals surface area contributed by atoms with Gasteiger partial charge in [-0.1, -0.05) is 0 Å². The zero-order chi connectivity index (χ0) is 8.10. The molecular weight excluding hydrogens is 156 g/mol. The molecule has 11 heavy (non-hydrogen) atoms. The summed E-state index contributed by atoms with van der Waals surface area (Å²) in [4.78, 5) is 7.44. The maximum absolute atomic E-state index is 3.90. The maximum atomic E-state index is 3.90. The minimum Gasteiger partial charge on any atom is -0.309 e. The van der Waals surface area contributed by atoms with Gasteiger partial charge >= 0.3 is 0 Å². The Morgan fingerprint density at radius 1 is 1.64 bits per heavy atom. The molecule has 0 spiro atoms. The lowest BCUT2D eigenvalue weighted by Gasteiger charge is -2.07. The number of hydrogen-bond acceptors (Lipinski definition) is 3. The van der Waals surface area contributed by atoms with E-state index in [1.807, 2.05) is 6.20 Å². The van der Waals surface area contributed by atoms with Crippen molar-refractivity contribution in [3.05, 3.63) is 16.6 Å². The Morgan fingerprint density at radius 2 is 2.45 bits per heavy atom. The van der Waals surface area contributed by atoms with Crippen LogP contribution in [-0.2, 0) is 6.42 Å². The van der Waals surface area contributed by atoms with Crippen LogP contribution in [0.3, 0.4) is 0 Å². The molecule has 0 aromatic carbocycles. The van der Waals surface area contributed by atoms with E-state index in [0.29, 0.717) is 0 Å². The first kappa shape index (κ1) is 8.68. The highest BCUT2D eigenvalue weighted by molar-refractivity contribution is 7.09. The third-order valence-electron chi connectivity index (χ3n) is 1.47.